The Labute approximate surface area is 204 Å². The predicted molar refractivity (Wildman–Crippen MR) is 132 cm³/mol. The fourth-order valence-electron chi connectivity index (χ4n) is 4.17. The number of nitrogens with one attached hydrogen (secondary N) is 2. The maximum atomic E-state index is 11.9. The fourth-order valence-corrected chi connectivity index (χ4v) is 4.85. The topological polar surface area (TPSA) is 109 Å². The van der Waals surface area contributed by atoms with Crippen LogP contribution in [-0.2, 0) is 11.4 Å². The van der Waals surface area contributed by atoms with E-state index in [2.05, 4.69) is 37.0 Å². The number of rotatable bonds is 7. The summed E-state index contributed by atoms with van der Waals surface area (Å²) in [6.45, 7) is 5.30. The van der Waals surface area contributed by atoms with Gasteiger partial charge in [-0.05, 0) is 48.6 Å². The molecule has 3 aromatic heterocycles. The summed E-state index contributed by atoms with van der Waals surface area (Å²) in [5.41, 5.74) is 4.36. The molecule has 1 saturated heterocycles. The van der Waals surface area contributed by atoms with Gasteiger partial charge in [0.15, 0.2) is 5.01 Å². The van der Waals surface area contributed by atoms with Crippen LogP contribution in [0.25, 0.3) is 11.0 Å². The van der Waals surface area contributed by atoms with Gasteiger partial charge < -0.3 is 19.9 Å². The number of aromatic nitrogens is 5. The van der Waals surface area contributed by atoms with Crippen molar-refractivity contribution in [2.45, 2.75) is 25.4 Å². The van der Waals surface area contributed by atoms with E-state index in [9.17, 15) is 4.79 Å². The minimum Gasteiger partial charge on any atom is -0.485 e. The molecule has 1 aromatic carbocycles. The standard InChI is InChI=1S/C23H22ClN7O2S/c1-2-20(32)31-7-5-14(6-8-31)16-10-25-22-21(16)23(27-12-26-22)29-15-3-4-18(17(24)9-15)33-11-19-30-28-13-34-19/h2-4,9-10,12-14H,1,5-8,11H2,(H2,25,26,27,29). The van der Waals surface area contributed by atoms with E-state index >= 15 is 0 Å². The van der Waals surface area contributed by atoms with Crippen molar-refractivity contribution in [3.05, 3.63) is 64.5 Å². The van der Waals surface area contributed by atoms with Crippen molar-refractivity contribution in [3.63, 3.8) is 0 Å². The van der Waals surface area contributed by atoms with Crippen LogP contribution in [0.4, 0.5) is 11.5 Å². The van der Waals surface area contributed by atoms with Crippen molar-refractivity contribution in [1.29, 1.82) is 0 Å². The summed E-state index contributed by atoms with van der Waals surface area (Å²) < 4.78 is 5.76. The number of aromatic amines is 1. The van der Waals surface area contributed by atoms with Crippen LogP contribution < -0.4 is 10.1 Å². The SMILES string of the molecule is C=CC(=O)N1CCC(c2c[nH]c3ncnc(Nc4ccc(OCc5nncs5)c(Cl)c4)c23)CC1. The van der Waals surface area contributed by atoms with E-state index in [-0.39, 0.29) is 5.91 Å². The van der Waals surface area contributed by atoms with Crippen LogP contribution in [0.1, 0.15) is 29.3 Å². The molecule has 1 aliphatic rings. The van der Waals surface area contributed by atoms with Gasteiger partial charge in [0.2, 0.25) is 5.91 Å². The third-order valence-corrected chi connectivity index (χ3v) is 6.84. The number of hydrogen-bond donors (Lipinski definition) is 2. The number of anilines is 2. The zero-order valence-corrected chi connectivity index (χ0v) is 19.8. The first-order valence-corrected chi connectivity index (χ1v) is 12.1. The summed E-state index contributed by atoms with van der Waals surface area (Å²) >= 11 is 7.89. The number of amides is 1. The first kappa shape index (κ1) is 22.3. The fraction of sp³-hybridized carbons (Fsp3) is 0.261. The summed E-state index contributed by atoms with van der Waals surface area (Å²) in [6, 6.07) is 5.51. The molecule has 0 saturated carbocycles. The Balaban J connectivity index is 1.34. The molecule has 0 atom stereocenters. The zero-order chi connectivity index (χ0) is 23.5. The van der Waals surface area contributed by atoms with Gasteiger partial charge in [-0.1, -0.05) is 18.2 Å². The number of halogens is 1. The van der Waals surface area contributed by atoms with Crippen LogP contribution in [0.15, 0.2) is 48.9 Å². The Morgan fingerprint density at radius 2 is 2.21 bits per heavy atom. The number of hydrogen-bond acceptors (Lipinski definition) is 8. The molecule has 174 valence electrons. The molecule has 2 N–H and O–H groups in total. The molecule has 0 unspecified atom stereocenters. The lowest BCUT2D eigenvalue weighted by Gasteiger charge is -2.31. The van der Waals surface area contributed by atoms with Crippen LogP contribution in [0, 0.1) is 0 Å². The highest BCUT2D eigenvalue weighted by molar-refractivity contribution is 7.09. The Morgan fingerprint density at radius 1 is 1.35 bits per heavy atom. The lowest BCUT2D eigenvalue weighted by molar-refractivity contribution is -0.127. The van der Waals surface area contributed by atoms with Gasteiger partial charge in [0.05, 0.1) is 10.4 Å². The third-order valence-electron chi connectivity index (χ3n) is 5.87. The number of carbonyl (C=O) groups excluding carboxylic acids is 1. The number of ether oxygens (including phenoxy) is 1. The monoisotopic (exact) mass is 495 g/mol. The first-order valence-electron chi connectivity index (χ1n) is 10.8. The van der Waals surface area contributed by atoms with E-state index in [1.807, 2.05) is 23.2 Å². The van der Waals surface area contributed by atoms with Crippen LogP contribution in [0.5, 0.6) is 5.75 Å². The number of benzene rings is 1. The molecule has 0 radical (unpaired) electrons. The minimum atomic E-state index is -0.0179. The van der Waals surface area contributed by atoms with Gasteiger partial charge in [0.25, 0.3) is 0 Å². The lowest BCUT2D eigenvalue weighted by atomic mass is 9.89. The maximum absolute atomic E-state index is 11.9. The van der Waals surface area contributed by atoms with E-state index in [4.69, 9.17) is 16.3 Å². The quantitative estimate of drug-likeness (QED) is 0.358. The van der Waals surface area contributed by atoms with E-state index < -0.39 is 0 Å². The van der Waals surface area contributed by atoms with Crippen molar-refractivity contribution >= 4 is 51.4 Å². The van der Waals surface area contributed by atoms with Crippen molar-refractivity contribution in [3.8, 4) is 5.75 Å². The molecule has 11 heteroatoms. The Bertz CT molecular complexity index is 1320. The van der Waals surface area contributed by atoms with E-state index in [0.717, 1.165) is 40.1 Å². The lowest BCUT2D eigenvalue weighted by Crippen LogP contribution is -2.36. The second kappa shape index (κ2) is 9.78. The van der Waals surface area contributed by atoms with Crippen molar-refractivity contribution in [2.75, 3.05) is 18.4 Å². The summed E-state index contributed by atoms with van der Waals surface area (Å²) in [5, 5.41) is 13.4. The number of nitrogens with zero attached hydrogens (tertiary/aromatic N) is 5. The molecular formula is C23H22ClN7O2S. The van der Waals surface area contributed by atoms with Gasteiger partial charge in [0.1, 0.15) is 35.7 Å². The van der Waals surface area contributed by atoms with Gasteiger partial charge in [-0.2, -0.15) is 0 Å². The van der Waals surface area contributed by atoms with Crippen LogP contribution in [-0.4, -0.2) is 49.0 Å². The normalized spacial score (nSPS) is 14.3. The highest BCUT2D eigenvalue weighted by atomic mass is 35.5. The molecule has 1 aliphatic heterocycles. The highest BCUT2D eigenvalue weighted by Crippen LogP contribution is 2.37. The van der Waals surface area contributed by atoms with Gasteiger partial charge in [-0.25, -0.2) is 9.97 Å². The van der Waals surface area contributed by atoms with Gasteiger partial charge in [-0.15, -0.1) is 21.5 Å². The summed E-state index contributed by atoms with van der Waals surface area (Å²) in [5.74, 6) is 1.55. The number of fused-ring (bicyclic) bond motifs is 1. The van der Waals surface area contributed by atoms with E-state index in [0.29, 0.717) is 42.2 Å². The van der Waals surface area contributed by atoms with Crippen molar-refractivity contribution in [1.82, 2.24) is 30.0 Å². The molecule has 9 nitrogen and oxygen atoms in total. The smallest absolute Gasteiger partial charge is 0.245 e. The zero-order valence-electron chi connectivity index (χ0n) is 18.2. The summed E-state index contributed by atoms with van der Waals surface area (Å²) in [6.07, 6.45) is 6.63. The molecule has 1 fully saturated rings. The Kier molecular flexibility index (Phi) is 6.41. The summed E-state index contributed by atoms with van der Waals surface area (Å²) in [4.78, 5) is 25.9. The molecule has 5 rings (SSSR count). The average Bonchev–Trinajstić information content (AvgIpc) is 3.54. The number of H-pyrrole nitrogens is 1. The Morgan fingerprint density at radius 3 is 2.94 bits per heavy atom. The minimum absolute atomic E-state index is 0.0179. The molecule has 0 spiro atoms. The van der Waals surface area contributed by atoms with Gasteiger partial charge in [-0.3, -0.25) is 4.79 Å². The second-order valence-corrected chi connectivity index (χ2v) is 9.21. The van der Waals surface area contributed by atoms with Crippen molar-refractivity contribution in [2.24, 2.45) is 0 Å². The van der Waals surface area contributed by atoms with E-state index in [1.165, 1.54) is 23.7 Å². The van der Waals surface area contributed by atoms with Crippen LogP contribution in [0.3, 0.4) is 0 Å². The number of carbonyl (C=O) groups is 1. The van der Waals surface area contributed by atoms with Gasteiger partial charge >= 0.3 is 0 Å². The largest absolute Gasteiger partial charge is 0.485 e. The van der Waals surface area contributed by atoms with E-state index in [1.54, 1.807) is 11.6 Å². The summed E-state index contributed by atoms with van der Waals surface area (Å²) in [7, 11) is 0. The average molecular weight is 496 g/mol. The van der Waals surface area contributed by atoms with Crippen LogP contribution >= 0.6 is 22.9 Å². The van der Waals surface area contributed by atoms with Gasteiger partial charge in [0, 0.05) is 25.0 Å². The highest BCUT2D eigenvalue weighted by Gasteiger charge is 2.26. The molecule has 4 aromatic rings. The predicted octanol–water partition coefficient (Wildman–Crippen LogP) is 4.68. The number of likely N-dealkylation sites (tertiary alicyclic amines) is 1. The first-order chi connectivity index (χ1) is 16.6. The Hall–Kier alpha value is -3.50. The molecular weight excluding hydrogens is 474 g/mol. The maximum Gasteiger partial charge on any atom is 0.245 e. The third kappa shape index (κ3) is 4.59. The van der Waals surface area contributed by atoms with Crippen molar-refractivity contribution < 1.29 is 9.53 Å². The molecule has 0 aliphatic carbocycles. The molecule has 0 bridgehead atoms. The molecule has 1 amide bonds. The molecule has 34 heavy (non-hydrogen) atoms. The molecule has 4 heterocycles. The number of piperidine rings is 1. The van der Waals surface area contributed by atoms with Crippen LogP contribution in [0.2, 0.25) is 5.02 Å². The second-order valence-electron chi connectivity index (χ2n) is 7.88.